The summed E-state index contributed by atoms with van der Waals surface area (Å²) >= 11 is 1.08. The van der Waals surface area contributed by atoms with Crippen LogP contribution in [0.5, 0.6) is 0 Å². The van der Waals surface area contributed by atoms with Crippen molar-refractivity contribution >= 4 is 22.4 Å². The van der Waals surface area contributed by atoms with Gasteiger partial charge in [0.15, 0.2) is 10.8 Å². The molecule has 0 saturated carbocycles. The Morgan fingerprint density at radius 3 is 2.58 bits per heavy atom. The van der Waals surface area contributed by atoms with Crippen LogP contribution < -0.4 is 5.32 Å². The van der Waals surface area contributed by atoms with Gasteiger partial charge in [-0.3, -0.25) is 15.1 Å². The van der Waals surface area contributed by atoms with Crippen molar-refractivity contribution < 1.29 is 22.4 Å². The van der Waals surface area contributed by atoms with Crippen molar-refractivity contribution in [2.45, 2.75) is 13.1 Å². The lowest BCUT2D eigenvalue weighted by Crippen LogP contribution is -2.17. The molecule has 4 aromatic rings. The molecule has 158 valence electrons. The zero-order valence-electron chi connectivity index (χ0n) is 15.8. The van der Waals surface area contributed by atoms with Crippen molar-refractivity contribution in [2.75, 3.05) is 5.32 Å². The summed E-state index contributed by atoms with van der Waals surface area (Å²) in [6, 6.07) is 9.28. The van der Waals surface area contributed by atoms with Crippen LogP contribution in [-0.2, 0) is 6.18 Å². The number of alkyl halides is 3. The number of nitrogens with one attached hydrogen (secondary N) is 1. The predicted octanol–water partition coefficient (Wildman–Crippen LogP) is 5.11. The molecule has 0 saturated heterocycles. The summed E-state index contributed by atoms with van der Waals surface area (Å²) < 4.78 is 54.4. The topological polar surface area (TPSA) is 72.7 Å². The van der Waals surface area contributed by atoms with Gasteiger partial charge in [-0.25, -0.2) is 14.1 Å². The van der Waals surface area contributed by atoms with Crippen LogP contribution in [0.1, 0.15) is 21.7 Å². The molecule has 3 heterocycles. The van der Waals surface area contributed by atoms with Crippen LogP contribution in [0.4, 0.5) is 22.7 Å². The number of para-hydroxylation sites is 1. The average Bonchev–Trinajstić information content (AvgIpc) is 3.36. The quantitative estimate of drug-likeness (QED) is 0.442. The molecular weight excluding hydrogens is 434 g/mol. The van der Waals surface area contributed by atoms with Gasteiger partial charge in [0, 0.05) is 17.6 Å². The Morgan fingerprint density at radius 1 is 1.13 bits per heavy atom. The third-order valence-electron chi connectivity index (χ3n) is 4.21. The van der Waals surface area contributed by atoms with Crippen LogP contribution in [0.2, 0.25) is 0 Å². The largest absolute Gasteiger partial charge is 0.435 e. The highest BCUT2D eigenvalue weighted by Gasteiger charge is 2.36. The molecule has 4 rings (SSSR count). The Kier molecular flexibility index (Phi) is 5.27. The van der Waals surface area contributed by atoms with Crippen molar-refractivity contribution in [2.24, 2.45) is 0 Å². The molecule has 31 heavy (non-hydrogen) atoms. The molecule has 0 aliphatic carbocycles. The molecule has 0 bridgehead atoms. The number of aromatic nitrogens is 4. The zero-order chi connectivity index (χ0) is 22.2. The van der Waals surface area contributed by atoms with Crippen LogP contribution >= 0.6 is 11.3 Å². The molecule has 0 atom stereocenters. The second-order valence-corrected chi connectivity index (χ2v) is 7.35. The summed E-state index contributed by atoms with van der Waals surface area (Å²) in [5, 5.41) is 7.65. The number of nitrogens with zero attached hydrogens (tertiary/aromatic N) is 4. The number of thiazole rings is 1. The van der Waals surface area contributed by atoms with Crippen molar-refractivity contribution in [1.29, 1.82) is 0 Å². The minimum absolute atomic E-state index is 0.150. The van der Waals surface area contributed by atoms with Gasteiger partial charge in [-0.15, -0.1) is 11.3 Å². The molecule has 0 fully saturated rings. The van der Waals surface area contributed by atoms with Crippen molar-refractivity contribution in [3.8, 4) is 17.1 Å². The number of carbonyl (C=O) groups excluding carboxylic acids is 1. The molecule has 3 aromatic heterocycles. The lowest BCUT2D eigenvalue weighted by molar-refractivity contribution is -0.141. The van der Waals surface area contributed by atoms with Crippen molar-refractivity contribution in [3.05, 3.63) is 76.8 Å². The number of carbonyl (C=O) groups is 1. The van der Waals surface area contributed by atoms with Crippen LogP contribution in [-0.4, -0.2) is 25.7 Å². The van der Waals surface area contributed by atoms with E-state index in [9.17, 15) is 22.4 Å². The van der Waals surface area contributed by atoms with Crippen LogP contribution in [0.15, 0.2) is 54.0 Å². The van der Waals surface area contributed by atoms with Gasteiger partial charge in [0.1, 0.15) is 22.9 Å². The lowest BCUT2D eigenvalue weighted by atomic mass is 10.2. The fourth-order valence-corrected chi connectivity index (χ4v) is 3.42. The normalized spacial score (nSPS) is 11.5. The van der Waals surface area contributed by atoms with Gasteiger partial charge in [-0.2, -0.15) is 18.3 Å². The standard InChI is InChI=1S/C20H13F4N5OS/c1-11-6-7-13(25-9-11)14-10-31-19(26-14)27-18(30)16-8-17(20(22,23)24)28-29(16)15-5-3-2-4-12(15)21/h2-10H,1H3,(H,26,27,30). The van der Waals surface area contributed by atoms with Gasteiger partial charge in [0.25, 0.3) is 5.91 Å². The van der Waals surface area contributed by atoms with E-state index < -0.39 is 29.3 Å². The van der Waals surface area contributed by atoms with E-state index in [1.54, 1.807) is 17.6 Å². The van der Waals surface area contributed by atoms with Crippen LogP contribution in [0.25, 0.3) is 17.1 Å². The van der Waals surface area contributed by atoms with Crippen molar-refractivity contribution in [3.63, 3.8) is 0 Å². The summed E-state index contributed by atoms with van der Waals surface area (Å²) in [5.74, 6) is -1.74. The number of hydrogen-bond acceptors (Lipinski definition) is 5. The molecule has 1 amide bonds. The molecule has 0 aliphatic rings. The molecule has 1 N–H and O–H groups in total. The van der Waals surface area contributed by atoms with Gasteiger partial charge in [-0.05, 0) is 30.7 Å². The number of aryl methyl sites for hydroxylation is 1. The Labute approximate surface area is 177 Å². The minimum atomic E-state index is -4.81. The monoisotopic (exact) mass is 447 g/mol. The summed E-state index contributed by atoms with van der Waals surface area (Å²) in [7, 11) is 0. The summed E-state index contributed by atoms with van der Waals surface area (Å²) in [5.41, 5.74) is -0.0366. The number of pyridine rings is 1. The molecule has 0 unspecified atom stereocenters. The van der Waals surface area contributed by atoms with E-state index in [1.807, 2.05) is 13.0 Å². The number of rotatable bonds is 4. The first-order chi connectivity index (χ1) is 14.7. The third kappa shape index (κ3) is 4.31. The molecule has 0 aliphatic heterocycles. The van der Waals surface area contributed by atoms with Gasteiger partial charge >= 0.3 is 6.18 Å². The zero-order valence-corrected chi connectivity index (χ0v) is 16.6. The fourth-order valence-electron chi connectivity index (χ4n) is 2.72. The number of benzene rings is 1. The third-order valence-corrected chi connectivity index (χ3v) is 4.97. The lowest BCUT2D eigenvalue weighted by Gasteiger charge is -2.08. The van der Waals surface area contributed by atoms with E-state index in [4.69, 9.17) is 0 Å². The van der Waals surface area contributed by atoms with E-state index in [-0.39, 0.29) is 10.8 Å². The highest BCUT2D eigenvalue weighted by atomic mass is 32.1. The van der Waals surface area contributed by atoms with Crippen molar-refractivity contribution in [1.82, 2.24) is 19.7 Å². The molecule has 6 nitrogen and oxygen atoms in total. The van der Waals surface area contributed by atoms with E-state index in [1.165, 1.54) is 18.2 Å². The first kappa shape index (κ1) is 20.7. The SMILES string of the molecule is Cc1ccc(-c2csc(NC(=O)c3cc(C(F)(F)F)nn3-c3ccccc3F)n2)nc1. The van der Waals surface area contributed by atoms with Gasteiger partial charge < -0.3 is 0 Å². The van der Waals surface area contributed by atoms with E-state index in [2.05, 4.69) is 20.4 Å². The average molecular weight is 447 g/mol. The molecule has 1 aromatic carbocycles. The highest BCUT2D eigenvalue weighted by molar-refractivity contribution is 7.14. The molecule has 0 radical (unpaired) electrons. The Morgan fingerprint density at radius 2 is 1.90 bits per heavy atom. The first-order valence-electron chi connectivity index (χ1n) is 8.84. The van der Waals surface area contributed by atoms with E-state index in [0.717, 1.165) is 23.0 Å². The number of anilines is 1. The smallest absolute Gasteiger partial charge is 0.296 e. The maximum atomic E-state index is 14.2. The minimum Gasteiger partial charge on any atom is -0.296 e. The highest BCUT2D eigenvalue weighted by Crippen LogP contribution is 2.31. The maximum absolute atomic E-state index is 14.2. The molecule has 0 spiro atoms. The van der Waals surface area contributed by atoms with Crippen LogP contribution in [0.3, 0.4) is 0 Å². The summed E-state index contributed by atoms with van der Waals surface area (Å²) in [6.45, 7) is 1.89. The summed E-state index contributed by atoms with van der Waals surface area (Å²) in [6.07, 6.45) is -3.14. The number of amides is 1. The fraction of sp³-hybridized carbons (Fsp3) is 0.100. The Hall–Kier alpha value is -3.60. The van der Waals surface area contributed by atoms with E-state index in [0.29, 0.717) is 22.1 Å². The Bertz CT molecular complexity index is 1250. The van der Waals surface area contributed by atoms with E-state index >= 15 is 0 Å². The van der Waals surface area contributed by atoms with Gasteiger partial charge in [0.05, 0.1) is 5.69 Å². The number of halogens is 4. The van der Waals surface area contributed by atoms with Crippen LogP contribution in [0, 0.1) is 12.7 Å². The Balaban J connectivity index is 1.66. The molecule has 11 heteroatoms. The number of hydrogen-bond donors (Lipinski definition) is 1. The maximum Gasteiger partial charge on any atom is 0.435 e. The molecular formula is C20H13F4N5OS. The van der Waals surface area contributed by atoms with Gasteiger partial charge in [0.2, 0.25) is 0 Å². The summed E-state index contributed by atoms with van der Waals surface area (Å²) in [4.78, 5) is 21.2. The first-order valence-corrected chi connectivity index (χ1v) is 9.72. The second kappa shape index (κ2) is 7.91. The predicted molar refractivity (Wildman–Crippen MR) is 107 cm³/mol. The second-order valence-electron chi connectivity index (χ2n) is 6.49. The van der Waals surface area contributed by atoms with Gasteiger partial charge in [-0.1, -0.05) is 18.2 Å².